The van der Waals surface area contributed by atoms with Gasteiger partial charge >= 0.3 is 17.9 Å². The van der Waals surface area contributed by atoms with Crippen LogP contribution in [0, 0.1) is 0 Å². The molecule has 0 amide bonds. The maximum absolute atomic E-state index is 11.6. The second-order valence-corrected chi connectivity index (χ2v) is 5.59. The van der Waals surface area contributed by atoms with Gasteiger partial charge in [0.05, 0.1) is 16.7 Å². The highest BCUT2D eigenvalue weighted by molar-refractivity contribution is 6.01. The van der Waals surface area contributed by atoms with Gasteiger partial charge in [0.1, 0.15) is 17.2 Å². The zero-order valence-corrected chi connectivity index (χ0v) is 14.9. The molecule has 0 heterocycles. The SMILES string of the molecule is O=C(O)c1ccccc1C(=O)O.O=C(Oc1ccc(O)cc1)c1ccc(O)cc1. The molecule has 0 aliphatic carbocycles. The maximum Gasteiger partial charge on any atom is 0.343 e. The molecule has 0 bridgehead atoms. The Labute approximate surface area is 164 Å². The Morgan fingerprint density at radius 1 is 0.621 bits per heavy atom. The lowest BCUT2D eigenvalue weighted by Crippen LogP contribution is -2.07. The number of aromatic hydroxyl groups is 2. The number of aromatic carboxylic acids is 2. The van der Waals surface area contributed by atoms with Crippen molar-refractivity contribution in [2.24, 2.45) is 0 Å². The molecule has 0 saturated carbocycles. The van der Waals surface area contributed by atoms with Crippen molar-refractivity contribution in [1.29, 1.82) is 0 Å². The van der Waals surface area contributed by atoms with Gasteiger partial charge in [-0.25, -0.2) is 14.4 Å². The third kappa shape index (κ3) is 6.10. The first-order valence-corrected chi connectivity index (χ1v) is 8.14. The highest BCUT2D eigenvalue weighted by atomic mass is 16.5. The molecule has 3 aromatic carbocycles. The van der Waals surface area contributed by atoms with E-state index in [1.54, 1.807) is 0 Å². The Morgan fingerprint density at radius 3 is 1.45 bits per heavy atom. The van der Waals surface area contributed by atoms with Gasteiger partial charge in [0, 0.05) is 0 Å². The van der Waals surface area contributed by atoms with Crippen molar-refractivity contribution in [2.75, 3.05) is 0 Å². The number of esters is 1. The minimum atomic E-state index is -1.23. The molecule has 29 heavy (non-hydrogen) atoms. The van der Waals surface area contributed by atoms with Crippen LogP contribution in [0.3, 0.4) is 0 Å². The summed E-state index contributed by atoms with van der Waals surface area (Å²) >= 11 is 0. The van der Waals surface area contributed by atoms with Gasteiger partial charge in [-0.15, -0.1) is 0 Å². The molecule has 148 valence electrons. The van der Waals surface area contributed by atoms with Crippen LogP contribution in [0.4, 0.5) is 0 Å². The van der Waals surface area contributed by atoms with Crippen LogP contribution in [0.2, 0.25) is 0 Å². The van der Waals surface area contributed by atoms with Gasteiger partial charge in [-0.2, -0.15) is 0 Å². The van der Waals surface area contributed by atoms with Gasteiger partial charge in [0.25, 0.3) is 0 Å². The fraction of sp³-hybridized carbons (Fsp3) is 0. The Balaban J connectivity index is 0.000000221. The molecule has 8 heteroatoms. The van der Waals surface area contributed by atoms with E-state index < -0.39 is 17.9 Å². The van der Waals surface area contributed by atoms with Gasteiger partial charge in [0.15, 0.2) is 0 Å². The Hall–Kier alpha value is -4.33. The molecule has 0 fully saturated rings. The number of ether oxygens (including phenoxy) is 1. The monoisotopic (exact) mass is 396 g/mol. The number of phenolic OH excluding ortho intramolecular Hbond substituents is 2. The molecule has 0 atom stereocenters. The predicted molar refractivity (Wildman–Crippen MR) is 102 cm³/mol. The summed E-state index contributed by atoms with van der Waals surface area (Å²) in [5.41, 5.74) is -0.0362. The van der Waals surface area contributed by atoms with E-state index in [0.29, 0.717) is 11.3 Å². The van der Waals surface area contributed by atoms with E-state index in [4.69, 9.17) is 25.2 Å². The molecule has 0 unspecified atom stereocenters. The number of carboxylic acid groups (broad SMARTS) is 2. The molecule has 0 aliphatic rings. The lowest BCUT2D eigenvalue weighted by molar-refractivity contribution is 0.0651. The van der Waals surface area contributed by atoms with Crippen LogP contribution in [-0.4, -0.2) is 38.3 Å². The number of hydrogen-bond donors (Lipinski definition) is 4. The van der Waals surface area contributed by atoms with E-state index in [1.165, 1.54) is 72.8 Å². The second kappa shape index (κ2) is 9.56. The van der Waals surface area contributed by atoms with Crippen molar-refractivity contribution < 1.29 is 39.5 Å². The van der Waals surface area contributed by atoms with E-state index >= 15 is 0 Å². The van der Waals surface area contributed by atoms with Crippen LogP contribution in [0.25, 0.3) is 0 Å². The number of rotatable bonds is 4. The molecule has 3 aromatic rings. The van der Waals surface area contributed by atoms with E-state index in [-0.39, 0.29) is 22.6 Å². The molecular formula is C21H16O8. The molecule has 0 radical (unpaired) electrons. The zero-order valence-electron chi connectivity index (χ0n) is 14.9. The van der Waals surface area contributed by atoms with E-state index in [9.17, 15) is 14.4 Å². The molecule has 0 saturated heterocycles. The molecule has 4 N–H and O–H groups in total. The third-order valence-corrected chi connectivity index (χ3v) is 3.54. The first-order valence-electron chi connectivity index (χ1n) is 8.14. The molecule has 0 spiro atoms. The number of carbonyl (C=O) groups is 3. The van der Waals surface area contributed by atoms with E-state index in [1.807, 2.05) is 0 Å². The lowest BCUT2D eigenvalue weighted by atomic mass is 10.1. The second-order valence-electron chi connectivity index (χ2n) is 5.59. The fourth-order valence-electron chi connectivity index (χ4n) is 2.13. The molecular weight excluding hydrogens is 380 g/mol. The van der Waals surface area contributed by atoms with Crippen molar-refractivity contribution in [3.8, 4) is 17.2 Å². The topological polar surface area (TPSA) is 141 Å². The standard InChI is InChI=1S/C13H10O4.C8H6O4/c14-10-3-1-9(2-4-10)13(16)17-12-7-5-11(15)6-8-12;9-7(10)5-3-1-2-4-6(5)8(11)12/h1-8,14-15H;1-4H,(H,9,10)(H,11,12). The summed E-state index contributed by atoms with van der Waals surface area (Å²) in [6, 6.07) is 17.1. The first-order chi connectivity index (χ1) is 13.8. The van der Waals surface area contributed by atoms with Crippen molar-refractivity contribution in [3.05, 3.63) is 89.5 Å². The number of carboxylic acids is 2. The smallest absolute Gasteiger partial charge is 0.343 e. The number of phenols is 2. The molecule has 0 aromatic heterocycles. The van der Waals surface area contributed by atoms with Crippen molar-refractivity contribution in [3.63, 3.8) is 0 Å². The number of carbonyl (C=O) groups excluding carboxylic acids is 1. The minimum Gasteiger partial charge on any atom is -0.508 e. The largest absolute Gasteiger partial charge is 0.508 e. The highest BCUT2D eigenvalue weighted by Gasteiger charge is 2.13. The van der Waals surface area contributed by atoms with Crippen molar-refractivity contribution >= 4 is 17.9 Å². The third-order valence-electron chi connectivity index (χ3n) is 3.54. The number of hydrogen-bond acceptors (Lipinski definition) is 6. The highest BCUT2D eigenvalue weighted by Crippen LogP contribution is 2.18. The summed E-state index contributed by atoms with van der Waals surface area (Å²) in [6.45, 7) is 0. The molecule has 3 rings (SSSR count). The first kappa shape index (κ1) is 21.0. The summed E-state index contributed by atoms with van der Waals surface area (Å²) in [4.78, 5) is 32.6. The van der Waals surface area contributed by atoms with Crippen molar-refractivity contribution in [2.45, 2.75) is 0 Å². The normalized spacial score (nSPS) is 9.66. The van der Waals surface area contributed by atoms with Crippen LogP contribution in [0.5, 0.6) is 17.2 Å². The maximum atomic E-state index is 11.6. The van der Waals surface area contributed by atoms with Gasteiger partial charge in [-0.05, 0) is 60.7 Å². The van der Waals surface area contributed by atoms with Crippen LogP contribution < -0.4 is 4.74 Å². The summed E-state index contributed by atoms with van der Waals surface area (Å²) in [7, 11) is 0. The Bertz CT molecular complexity index is 975. The quantitative estimate of drug-likeness (QED) is 0.388. The summed E-state index contributed by atoms with van der Waals surface area (Å²) in [5.74, 6) is -2.43. The number of benzene rings is 3. The molecule has 8 nitrogen and oxygen atoms in total. The van der Waals surface area contributed by atoms with E-state index in [2.05, 4.69) is 0 Å². The predicted octanol–water partition coefficient (Wildman–Crippen LogP) is 3.40. The summed E-state index contributed by atoms with van der Waals surface area (Å²) in [5, 5.41) is 35.3. The Morgan fingerprint density at radius 2 is 1.03 bits per heavy atom. The van der Waals surface area contributed by atoms with Crippen LogP contribution in [0.15, 0.2) is 72.8 Å². The zero-order chi connectivity index (χ0) is 21.4. The summed E-state index contributed by atoms with van der Waals surface area (Å²) < 4.78 is 5.06. The van der Waals surface area contributed by atoms with Crippen LogP contribution >= 0.6 is 0 Å². The minimum absolute atomic E-state index is 0.0891. The average molecular weight is 396 g/mol. The van der Waals surface area contributed by atoms with Crippen molar-refractivity contribution in [1.82, 2.24) is 0 Å². The van der Waals surface area contributed by atoms with Gasteiger partial charge in [0.2, 0.25) is 0 Å². The van der Waals surface area contributed by atoms with Gasteiger partial charge < -0.3 is 25.2 Å². The van der Waals surface area contributed by atoms with E-state index in [0.717, 1.165) is 0 Å². The average Bonchev–Trinajstić information content (AvgIpc) is 2.70. The van der Waals surface area contributed by atoms with Gasteiger partial charge in [-0.1, -0.05) is 12.1 Å². The Kier molecular flexibility index (Phi) is 6.92. The summed E-state index contributed by atoms with van der Waals surface area (Å²) in [6.07, 6.45) is 0. The molecule has 0 aliphatic heterocycles. The van der Waals surface area contributed by atoms with Crippen LogP contribution in [0.1, 0.15) is 31.1 Å². The van der Waals surface area contributed by atoms with Gasteiger partial charge in [-0.3, -0.25) is 0 Å². The lowest BCUT2D eigenvalue weighted by Gasteiger charge is -2.04. The van der Waals surface area contributed by atoms with Crippen LogP contribution in [-0.2, 0) is 0 Å². The fourth-order valence-corrected chi connectivity index (χ4v) is 2.13.